The smallest absolute Gasteiger partial charge is 0.164 e. The van der Waals surface area contributed by atoms with Gasteiger partial charge in [-0.25, -0.2) is 0 Å². The van der Waals surface area contributed by atoms with Crippen LogP contribution in [0.25, 0.3) is 0 Å². The zero-order valence-electron chi connectivity index (χ0n) is 11.9. The first-order chi connectivity index (χ1) is 9.24. The topological polar surface area (TPSA) is 51.8 Å². The van der Waals surface area contributed by atoms with E-state index in [2.05, 4.69) is 10.6 Å². The molecule has 1 atom stereocenters. The van der Waals surface area contributed by atoms with Gasteiger partial charge in [0.25, 0.3) is 0 Å². The van der Waals surface area contributed by atoms with Crippen LogP contribution in [0, 0.1) is 5.92 Å². The Morgan fingerprint density at radius 3 is 2.05 bits per heavy atom. The van der Waals surface area contributed by atoms with E-state index in [1.165, 1.54) is 0 Å². The van der Waals surface area contributed by atoms with Crippen LogP contribution in [0.3, 0.4) is 0 Å². The highest BCUT2D eigenvalue weighted by atomic mass is 16.5. The molecule has 1 unspecified atom stereocenters. The number of nitrogens with one attached hydrogen (secondary N) is 2. The van der Waals surface area contributed by atoms with Gasteiger partial charge in [-0.3, -0.25) is 0 Å². The molecule has 106 valence electrons. The van der Waals surface area contributed by atoms with Gasteiger partial charge in [-0.15, -0.1) is 0 Å². The van der Waals surface area contributed by atoms with E-state index in [1.54, 1.807) is 21.3 Å². The van der Waals surface area contributed by atoms with Crippen LogP contribution in [-0.2, 0) is 0 Å². The Kier molecular flexibility index (Phi) is 4.50. The molecule has 0 amide bonds. The SMILES string of the molecule is CNC(c1cc(OC)c(OC)cc1OC)C1CNC1. The maximum absolute atomic E-state index is 5.49. The van der Waals surface area contributed by atoms with Gasteiger partial charge in [0.1, 0.15) is 5.75 Å². The van der Waals surface area contributed by atoms with Crippen molar-refractivity contribution in [2.45, 2.75) is 6.04 Å². The average molecular weight is 266 g/mol. The lowest BCUT2D eigenvalue weighted by Crippen LogP contribution is -2.48. The van der Waals surface area contributed by atoms with E-state index in [0.717, 1.165) is 30.2 Å². The van der Waals surface area contributed by atoms with E-state index < -0.39 is 0 Å². The highest BCUT2D eigenvalue weighted by molar-refractivity contribution is 5.52. The van der Waals surface area contributed by atoms with Gasteiger partial charge in [0.05, 0.1) is 21.3 Å². The Hall–Kier alpha value is -1.46. The molecule has 1 aliphatic rings. The predicted molar refractivity (Wildman–Crippen MR) is 74.3 cm³/mol. The first kappa shape index (κ1) is 14.0. The van der Waals surface area contributed by atoms with Crippen LogP contribution < -0.4 is 24.8 Å². The van der Waals surface area contributed by atoms with E-state index >= 15 is 0 Å². The Morgan fingerprint density at radius 1 is 1.05 bits per heavy atom. The molecule has 1 aromatic rings. The minimum Gasteiger partial charge on any atom is -0.496 e. The van der Waals surface area contributed by atoms with E-state index in [4.69, 9.17) is 14.2 Å². The van der Waals surface area contributed by atoms with Crippen LogP contribution in [0.15, 0.2) is 12.1 Å². The third-order valence-corrected chi connectivity index (χ3v) is 3.67. The molecule has 1 aliphatic heterocycles. The first-order valence-corrected chi connectivity index (χ1v) is 6.43. The minimum atomic E-state index is 0.246. The second-order valence-electron chi connectivity index (χ2n) is 4.63. The van der Waals surface area contributed by atoms with Gasteiger partial charge in [-0.1, -0.05) is 0 Å². The van der Waals surface area contributed by atoms with Crippen molar-refractivity contribution < 1.29 is 14.2 Å². The first-order valence-electron chi connectivity index (χ1n) is 6.43. The molecule has 1 aromatic carbocycles. The van der Waals surface area contributed by atoms with E-state index in [9.17, 15) is 0 Å². The number of rotatable bonds is 6. The van der Waals surface area contributed by atoms with Crippen molar-refractivity contribution in [2.75, 3.05) is 41.5 Å². The van der Waals surface area contributed by atoms with Gasteiger partial charge in [0, 0.05) is 36.7 Å². The fourth-order valence-electron chi connectivity index (χ4n) is 2.49. The molecular formula is C14H22N2O3. The molecule has 1 fully saturated rings. The maximum Gasteiger partial charge on any atom is 0.164 e. The minimum absolute atomic E-state index is 0.246. The molecule has 1 saturated heterocycles. The largest absolute Gasteiger partial charge is 0.496 e. The summed E-state index contributed by atoms with van der Waals surface area (Å²) in [7, 11) is 6.92. The van der Waals surface area contributed by atoms with Crippen LogP contribution in [0.1, 0.15) is 11.6 Å². The van der Waals surface area contributed by atoms with Crippen molar-refractivity contribution in [1.82, 2.24) is 10.6 Å². The number of benzene rings is 1. The molecule has 5 nitrogen and oxygen atoms in total. The third-order valence-electron chi connectivity index (χ3n) is 3.67. The van der Waals surface area contributed by atoms with Crippen molar-refractivity contribution in [3.63, 3.8) is 0 Å². The molecule has 1 heterocycles. The molecule has 5 heteroatoms. The maximum atomic E-state index is 5.49. The summed E-state index contributed by atoms with van der Waals surface area (Å²) in [5.74, 6) is 2.80. The zero-order chi connectivity index (χ0) is 13.8. The summed E-state index contributed by atoms with van der Waals surface area (Å²) < 4.78 is 16.2. The Balaban J connectivity index is 2.41. The van der Waals surface area contributed by atoms with Crippen LogP contribution in [0.4, 0.5) is 0 Å². The van der Waals surface area contributed by atoms with Gasteiger partial charge in [0.15, 0.2) is 11.5 Å². The van der Waals surface area contributed by atoms with Gasteiger partial charge in [0.2, 0.25) is 0 Å². The number of hydrogen-bond donors (Lipinski definition) is 2. The van der Waals surface area contributed by atoms with Crippen LogP contribution in [0.5, 0.6) is 17.2 Å². The Morgan fingerprint density at radius 2 is 1.63 bits per heavy atom. The fourth-order valence-corrected chi connectivity index (χ4v) is 2.49. The summed E-state index contributed by atoms with van der Waals surface area (Å²) in [5.41, 5.74) is 1.11. The molecule has 0 saturated carbocycles. The summed E-state index contributed by atoms with van der Waals surface area (Å²) in [6.07, 6.45) is 0. The molecular weight excluding hydrogens is 244 g/mol. The average Bonchev–Trinajstić information content (AvgIpc) is 2.40. The lowest BCUT2D eigenvalue weighted by molar-refractivity contribution is 0.260. The molecule has 0 aromatic heterocycles. The summed E-state index contributed by atoms with van der Waals surface area (Å²) in [4.78, 5) is 0. The van der Waals surface area contributed by atoms with E-state index in [1.807, 2.05) is 19.2 Å². The van der Waals surface area contributed by atoms with Crippen LogP contribution >= 0.6 is 0 Å². The highest BCUT2D eigenvalue weighted by Crippen LogP contribution is 2.39. The summed E-state index contributed by atoms with van der Waals surface area (Å²) >= 11 is 0. The predicted octanol–water partition coefficient (Wildman–Crippen LogP) is 1.19. The molecule has 0 spiro atoms. The lowest BCUT2D eigenvalue weighted by Gasteiger charge is -2.35. The van der Waals surface area contributed by atoms with Crippen LogP contribution in [-0.4, -0.2) is 41.5 Å². The summed E-state index contributed by atoms with van der Waals surface area (Å²) in [6, 6.07) is 4.12. The van der Waals surface area contributed by atoms with E-state index in [0.29, 0.717) is 11.7 Å². The molecule has 0 bridgehead atoms. The second kappa shape index (κ2) is 6.12. The fraction of sp³-hybridized carbons (Fsp3) is 0.571. The number of hydrogen-bond acceptors (Lipinski definition) is 5. The van der Waals surface area contributed by atoms with Gasteiger partial charge in [-0.2, -0.15) is 0 Å². The van der Waals surface area contributed by atoms with Gasteiger partial charge >= 0.3 is 0 Å². The number of methoxy groups -OCH3 is 3. The molecule has 0 aliphatic carbocycles. The van der Waals surface area contributed by atoms with Crippen molar-refractivity contribution >= 4 is 0 Å². The molecule has 0 radical (unpaired) electrons. The summed E-state index contributed by atoms with van der Waals surface area (Å²) in [5, 5.41) is 6.67. The van der Waals surface area contributed by atoms with Gasteiger partial charge in [-0.05, 0) is 13.1 Å². The Bertz CT molecular complexity index is 433. The van der Waals surface area contributed by atoms with Crippen molar-refractivity contribution in [2.24, 2.45) is 5.92 Å². The Labute approximate surface area is 114 Å². The lowest BCUT2D eigenvalue weighted by atomic mass is 9.88. The highest BCUT2D eigenvalue weighted by Gasteiger charge is 2.30. The monoisotopic (exact) mass is 266 g/mol. The summed E-state index contributed by atoms with van der Waals surface area (Å²) in [6.45, 7) is 2.03. The van der Waals surface area contributed by atoms with Crippen molar-refractivity contribution in [3.8, 4) is 17.2 Å². The van der Waals surface area contributed by atoms with E-state index in [-0.39, 0.29) is 6.04 Å². The van der Waals surface area contributed by atoms with Gasteiger partial charge < -0.3 is 24.8 Å². The molecule has 2 N–H and O–H groups in total. The normalized spacial score (nSPS) is 16.6. The zero-order valence-corrected chi connectivity index (χ0v) is 11.9. The molecule has 19 heavy (non-hydrogen) atoms. The van der Waals surface area contributed by atoms with Crippen LogP contribution in [0.2, 0.25) is 0 Å². The standard InChI is InChI=1S/C14H22N2O3/c1-15-14(9-7-16-8-9)10-5-12(18-3)13(19-4)6-11(10)17-2/h5-6,9,14-16H,7-8H2,1-4H3. The third kappa shape index (κ3) is 2.62. The molecule has 2 rings (SSSR count). The quantitative estimate of drug-likeness (QED) is 0.810. The second-order valence-corrected chi connectivity index (χ2v) is 4.63. The number of ether oxygens (including phenoxy) is 3. The van der Waals surface area contributed by atoms with Crippen molar-refractivity contribution in [1.29, 1.82) is 0 Å². The van der Waals surface area contributed by atoms with Crippen molar-refractivity contribution in [3.05, 3.63) is 17.7 Å².